The number of tetrazole rings is 1. The van der Waals surface area contributed by atoms with Crippen molar-refractivity contribution in [3.8, 4) is 0 Å². The minimum absolute atomic E-state index is 0.527. The van der Waals surface area contributed by atoms with Gasteiger partial charge in [-0.3, -0.25) is 0 Å². The van der Waals surface area contributed by atoms with Crippen LogP contribution in [-0.2, 0) is 0 Å². The number of aromatic amines is 1. The number of fused-ring (bicyclic) bond motifs is 2. The Kier molecular flexibility index (Phi) is 1.14. The first-order valence-corrected chi connectivity index (χ1v) is 4.35. The Hall–Kier alpha value is -1.19. The highest BCUT2D eigenvalue weighted by molar-refractivity contribution is 5.17. The Morgan fingerprint density at radius 3 is 2.92 bits per heavy atom. The molecule has 1 aromatic rings. The van der Waals surface area contributed by atoms with Crippen LogP contribution in [0.1, 0.15) is 24.6 Å². The summed E-state index contributed by atoms with van der Waals surface area (Å²) in [4.78, 5) is 0. The summed E-state index contributed by atoms with van der Waals surface area (Å²) in [6, 6.07) is 0. The smallest absolute Gasteiger partial charge is 0.177 e. The quantitative estimate of drug-likeness (QED) is 0.623. The van der Waals surface area contributed by atoms with E-state index in [-0.39, 0.29) is 0 Å². The number of nitrogens with one attached hydrogen (secondary N) is 1. The molecule has 4 nitrogen and oxygen atoms in total. The highest BCUT2D eigenvalue weighted by Crippen LogP contribution is 2.47. The summed E-state index contributed by atoms with van der Waals surface area (Å²) in [6.45, 7) is 0. The third-order valence-electron chi connectivity index (χ3n) is 2.97. The fourth-order valence-corrected chi connectivity index (χ4v) is 2.40. The average molecular weight is 162 g/mol. The Balaban J connectivity index is 1.92. The molecule has 12 heavy (non-hydrogen) atoms. The molecule has 3 atom stereocenters. The molecule has 0 saturated heterocycles. The topological polar surface area (TPSA) is 54.5 Å². The maximum Gasteiger partial charge on any atom is 0.178 e. The van der Waals surface area contributed by atoms with Crippen LogP contribution in [-0.4, -0.2) is 20.6 Å². The van der Waals surface area contributed by atoms with Crippen LogP contribution >= 0.6 is 0 Å². The number of aromatic nitrogens is 4. The Labute approximate surface area is 70.1 Å². The van der Waals surface area contributed by atoms with Gasteiger partial charge in [0.05, 0.1) is 0 Å². The molecule has 0 spiro atoms. The zero-order chi connectivity index (χ0) is 7.97. The first-order valence-electron chi connectivity index (χ1n) is 4.35. The molecule has 1 fully saturated rings. The van der Waals surface area contributed by atoms with Crippen LogP contribution in [0.2, 0.25) is 0 Å². The Morgan fingerprint density at radius 1 is 1.33 bits per heavy atom. The van der Waals surface area contributed by atoms with Gasteiger partial charge in [0.1, 0.15) is 0 Å². The van der Waals surface area contributed by atoms with E-state index in [1.165, 1.54) is 12.8 Å². The molecule has 3 rings (SSSR count). The number of hydrogen-bond acceptors (Lipinski definition) is 3. The van der Waals surface area contributed by atoms with Crippen molar-refractivity contribution in [1.29, 1.82) is 0 Å². The summed E-state index contributed by atoms with van der Waals surface area (Å²) in [5.41, 5.74) is 0. The number of H-pyrrole nitrogens is 1. The van der Waals surface area contributed by atoms with Crippen LogP contribution in [0, 0.1) is 11.8 Å². The summed E-state index contributed by atoms with van der Waals surface area (Å²) in [7, 11) is 0. The second-order valence-corrected chi connectivity index (χ2v) is 3.66. The molecule has 2 aliphatic carbocycles. The number of rotatable bonds is 1. The number of hydrogen-bond donors (Lipinski definition) is 1. The van der Waals surface area contributed by atoms with Crippen LogP contribution in [0.3, 0.4) is 0 Å². The zero-order valence-corrected chi connectivity index (χ0v) is 6.64. The summed E-state index contributed by atoms with van der Waals surface area (Å²) in [5, 5.41) is 14.2. The molecule has 0 aromatic carbocycles. The van der Waals surface area contributed by atoms with Crippen molar-refractivity contribution in [2.45, 2.75) is 18.8 Å². The third-order valence-corrected chi connectivity index (χ3v) is 2.97. The van der Waals surface area contributed by atoms with E-state index >= 15 is 0 Å². The normalized spacial score (nSPS) is 37.8. The fraction of sp³-hybridized carbons (Fsp3) is 0.625. The van der Waals surface area contributed by atoms with Crippen LogP contribution in [0.15, 0.2) is 12.2 Å². The first kappa shape index (κ1) is 6.34. The molecule has 1 heterocycles. The van der Waals surface area contributed by atoms with E-state index in [4.69, 9.17) is 0 Å². The summed E-state index contributed by atoms with van der Waals surface area (Å²) >= 11 is 0. The van der Waals surface area contributed by atoms with Gasteiger partial charge in [-0.1, -0.05) is 17.4 Å². The van der Waals surface area contributed by atoms with Gasteiger partial charge < -0.3 is 0 Å². The second-order valence-electron chi connectivity index (χ2n) is 3.66. The lowest BCUT2D eigenvalue weighted by atomic mass is 9.93. The molecule has 2 aliphatic rings. The van der Waals surface area contributed by atoms with Crippen molar-refractivity contribution in [2.75, 3.05) is 0 Å². The molecule has 1 N–H and O–H groups in total. The van der Waals surface area contributed by atoms with E-state index in [1.54, 1.807) is 0 Å². The largest absolute Gasteiger partial charge is 0.178 e. The van der Waals surface area contributed by atoms with Gasteiger partial charge in [0.15, 0.2) is 5.82 Å². The molecular formula is C8H10N4. The molecule has 0 radical (unpaired) electrons. The molecule has 0 aliphatic heterocycles. The first-order chi connectivity index (χ1) is 5.93. The van der Waals surface area contributed by atoms with Crippen LogP contribution in [0.5, 0.6) is 0 Å². The maximum atomic E-state index is 4.04. The third kappa shape index (κ3) is 0.748. The summed E-state index contributed by atoms with van der Waals surface area (Å²) in [6.07, 6.45) is 7.12. The standard InChI is InChI=1S/C8H10N4/c1-2-6-3-5(1)4-7(6)8-9-11-12-10-8/h1-2,5-7H,3-4H2,(H,9,10,11,12). The van der Waals surface area contributed by atoms with E-state index in [0.29, 0.717) is 11.8 Å². The van der Waals surface area contributed by atoms with Gasteiger partial charge in [-0.25, -0.2) is 0 Å². The molecule has 0 amide bonds. The number of allylic oxidation sites excluding steroid dienone is 2. The van der Waals surface area contributed by atoms with Crippen molar-refractivity contribution >= 4 is 0 Å². The van der Waals surface area contributed by atoms with E-state index < -0.39 is 0 Å². The van der Waals surface area contributed by atoms with Gasteiger partial charge in [0.2, 0.25) is 0 Å². The van der Waals surface area contributed by atoms with Gasteiger partial charge in [0, 0.05) is 5.92 Å². The lowest BCUT2D eigenvalue weighted by Crippen LogP contribution is -2.06. The minimum Gasteiger partial charge on any atom is -0.177 e. The van der Waals surface area contributed by atoms with E-state index in [1.807, 2.05) is 0 Å². The van der Waals surface area contributed by atoms with Gasteiger partial charge in [0.25, 0.3) is 0 Å². The SMILES string of the molecule is C1=CC2CC1CC2c1nn[nH]n1. The van der Waals surface area contributed by atoms with Crippen molar-refractivity contribution in [2.24, 2.45) is 11.8 Å². The van der Waals surface area contributed by atoms with Gasteiger partial charge in [-0.05, 0) is 24.7 Å². The predicted octanol–water partition coefficient (Wildman–Crippen LogP) is 0.879. The Morgan fingerprint density at radius 2 is 2.33 bits per heavy atom. The lowest BCUT2D eigenvalue weighted by Gasteiger charge is -2.12. The van der Waals surface area contributed by atoms with Crippen LogP contribution in [0.25, 0.3) is 0 Å². The fourth-order valence-electron chi connectivity index (χ4n) is 2.40. The zero-order valence-electron chi connectivity index (χ0n) is 6.64. The predicted molar refractivity (Wildman–Crippen MR) is 42.3 cm³/mol. The average Bonchev–Trinajstić information content (AvgIpc) is 2.81. The van der Waals surface area contributed by atoms with E-state index in [0.717, 1.165) is 11.7 Å². The van der Waals surface area contributed by atoms with Gasteiger partial charge >= 0.3 is 0 Å². The van der Waals surface area contributed by atoms with Gasteiger partial charge in [-0.2, -0.15) is 5.21 Å². The molecule has 2 bridgehead atoms. The summed E-state index contributed by atoms with van der Waals surface area (Å²) < 4.78 is 0. The van der Waals surface area contributed by atoms with Crippen LogP contribution < -0.4 is 0 Å². The monoisotopic (exact) mass is 162 g/mol. The maximum absolute atomic E-state index is 4.04. The second kappa shape index (κ2) is 2.15. The number of nitrogens with zero attached hydrogens (tertiary/aromatic N) is 3. The molecule has 1 saturated carbocycles. The molecule has 1 aromatic heterocycles. The van der Waals surface area contributed by atoms with E-state index in [9.17, 15) is 0 Å². The highest BCUT2D eigenvalue weighted by Gasteiger charge is 2.38. The minimum atomic E-state index is 0.527. The van der Waals surface area contributed by atoms with E-state index in [2.05, 4.69) is 32.8 Å². The Bertz CT molecular complexity index is 303. The molecule has 4 heteroatoms. The van der Waals surface area contributed by atoms with Crippen molar-refractivity contribution in [3.05, 3.63) is 18.0 Å². The summed E-state index contributed by atoms with van der Waals surface area (Å²) in [5.74, 6) is 2.87. The van der Waals surface area contributed by atoms with Crippen molar-refractivity contribution in [3.63, 3.8) is 0 Å². The van der Waals surface area contributed by atoms with Gasteiger partial charge in [-0.15, -0.1) is 10.2 Å². The molecular weight excluding hydrogens is 152 g/mol. The van der Waals surface area contributed by atoms with Crippen LogP contribution in [0.4, 0.5) is 0 Å². The molecule has 62 valence electrons. The molecule has 3 unspecified atom stereocenters. The van der Waals surface area contributed by atoms with Crippen molar-refractivity contribution in [1.82, 2.24) is 20.6 Å². The lowest BCUT2D eigenvalue weighted by molar-refractivity contribution is 0.553. The van der Waals surface area contributed by atoms with Crippen molar-refractivity contribution < 1.29 is 0 Å². The highest BCUT2D eigenvalue weighted by atomic mass is 15.5.